The molecule has 0 aromatic heterocycles. The maximum absolute atomic E-state index is 11.7. The van der Waals surface area contributed by atoms with Crippen LogP contribution in [0.25, 0.3) is 0 Å². The van der Waals surface area contributed by atoms with Gasteiger partial charge in [0.1, 0.15) is 0 Å². The Hall–Kier alpha value is -1.40. The number of piperidine rings is 1. The van der Waals surface area contributed by atoms with Gasteiger partial charge in [-0.1, -0.05) is 12.1 Å². The number of halogens is 1. The van der Waals surface area contributed by atoms with Crippen molar-refractivity contribution in [3.05, 3.63) is 29.8 Å². The van der Waals surface area contributed by atoms with E-state index in [0.717, 1.165) is 44.0 Å². The SMILES string of the molecule is CN=C(NCc1cccc(S(N)(=O)=O)c1)N1CCCC2(CNC(=O)C2)C1.I. The maximum Gasteiger partial charge on any atom is 0.238 e. The molecule has 1 spiro atoms. The Balaban J connectivity index is 0.00000261. The molecular weight excluding hydrogens is 481 g/mol. The van der Waals surface area contributed by atoms with Gasteiger partial charge in [-0.05, 0) is 30.5 Å². The number of hydrogen-bond donors (Lipinski definition) is 3. The van der Waals surface area contributed by atoms with Crippen molar-refractivity contribution in [3.8, 4) is 0 Å². The van der Waals surface area contributed by atoms with Crippen molar-refractivity contribution in [3.63, 3.8) is 0 Å². The van der Waals surface area contributed by atoms with Gasteiger partial charge in [-0.2, -0.15) is 0 Å². The minimum Gasteiger partial charge on any atom is -0.355 e. The molecule has 2 aliphatic heterocycles. The number of nitrogens with two attached hydrogens (primary N) is 1. The second-order valence-electron chi connectivity index (χ2n) is 7.07. The van der Waals surface area contributed by atoms with Crippen molar-refractivity contribution in [2.45, 2.75) is 30.7 Å². The lowest BCUT2D eigenvalue weighted by atomic mass is 9.79. The second kappa shape index (κ2) is 8.74. The highest BCUT2D eigenvalue weighted by atomic mass is 127. The molecular formula is C17H26IN5O3S. The molecule has 4 N–H and O–H groups in total. The Bertz CT molecular complexity index is 830. The van der Waals surface area contributed by atoms with Crippen molar-refractivity contribution in [2.75, 3.05) is 26.7 Å². The van der Waals surface area contributed by atoms with E-state index in [9.17, 15) is 13.2 Å². The number of nitrogens with one attached hydrogen (secondary N) is 2. The van der Waals surface area contributed by atoms with Gasteiger partial charge >= 0.3 is 0 Å². The standard InChI is InChI=1S/C17H25N5O3S.HI/c1-19-16(20-10-13-4-2-5-14(8-13)26(18,24)25)22-7-3-6-17(12-22)9-15(23)21-11-17;/h2,4-5,8H,3,6-7,9-12H2,1H3,(H,19,20)(H,21,23)(H2,18,24,25);1H. The van der Waals surface area contributed by atoms with E-state index in [1.165, 1.54) is 6.07 Å². The molecule has 2 saturated heterocycles. The molecule has 2 fully saturated rings. The third-order valence-corrected chi connectivity index (χ3v) is 5.96. The van der Waals surface area contributed by atoms with E-state index in [1.54, 1.807) is 19.2 Å². The molecule has 0 aliphatic carbocycles. The van der Waals surface area contributed by atoms with Crippen LogP contribution < -0.4 is 15.8 Å². The van der Waals surface area contributed by atoms with Crippen LogP contribution in [0.15, 0.2) is 34.2 Å². The minimum absolute atomic E-state index is 0. The van der Waals surface area contributed by atoms with Crippen LogP contribution >= 0.6 is 24.0 Å². The third-order valence-electron chi connectivity index (χ3n) is 5.05. The molecule has 1 unspecified atom stereocenters. The Morgan fingerprint density at radius 2 is 2.22 bits per heavy atom. The summed E-state index contributed by atoms with van der Waals surface area (Å²) < 4.78 is 23.0. The van der Waals surface area contributed by atoms with Gasteiger partial charge in [0.15, 0.2) is 5.96 Å². The molecule has 150 valence electrons. The van der Waals surface area contributed by atoms with E-state index >= 15 is 0 Å². The maximum atomic E-state index is 11.7. The van der Waals surface area contributed by atoms with Crippen LogP contribution in [0.5, 0.6) is 0 Å². The first-order valence-corrected chi connectivity index (χ1v) is 10.2. The summed E-state index contributed by atoms with van der Waals surface area (Å²) >= 11 is 0. The van der Waals surface area contributed by atoms with Gasteiger partial charge in [-0.15, -0.1) is 24.0 Å². The van der Waals surface area contributed by atoms with Gasteiger partial charge in [0.25, 0.3) is 0 Å². The predicted molar refractivity (Wildman–Crippen MR) is 114 cm³/mol. The van der Waals surface area contributed by atoms with Gasteiger partial charge in [0.2, 0.25) is 15.9 Å². The summed E-state index contributed by atoms with van der Waals surface area (Å²) in [4.78, 5) is 18.3. The summed E-state index contributed by atoms with van der Waals surface area (Å²) in [5, 5.41) is 11.4. The number of amides is 1. The number of primary sulfonamides is 1. The number of sulfonamides is 1. The highest BCUT2D eigenvalue weighted by Crippen LogP contribution is 2.35. The number of carbonyl (C=O) groups excluding carboxylic acids is 1. The first kappa shape index (κ1) is 21.9. The van der Waals surface area contributed by atoms with Crippen molar-refractivity contribution >= 4 is 45.9 Å². The molecule has 27 heavy (non-hydrogen) atoms. The van der Waals surface area contributed by atoms with Crippen molar-refractivity contribution in [2.24, 2.45) is 15.5 Å². The van der Waals surface area contributed by atoms with Gasteiger partial charge < -0.3 is 15.5 Å². The first-order chi connectivity index (χ1) is 12.3. The van der Waals surface area contributed by atoms with E-state index < -0.39 is 10.0 Å². The molecule has 1 amide bonds. The average Bonchev–Trinajstić information content (AvgIpc) is 2.95. The van der Waals surface area contributed by atoms with E-state index in [1.807, 2.05) is 6.07 Å². The zero-order chi connectivity index (χ0) is 18.8. The van der Waals surface area contributed by atoms with Crippen LogP contribution in [0.1, 0.15) is 24.8 Å². The average molecular weight is 507 g/mol. The summed E-state index contributed by atoms with van der Waals surface area (Å²) in [6.45, 7) is 2.82. The number of aliphatic imine (C=N–C) groups is 1. The number of nitrogens with zero attached hydrogens (tertiary/aromatic N) is 2. The summed E-state index contributed by atoms with van der Waals surface area (Å²) in [6, 6.07) is 6.55. The van der Waals surface area contributed by atoms with Crippen molar-refractivity contribution in [1.82, 2.24) is 15.5 Å². The number of carbonyl (C=O) groups is 1. The molecule has 0 saturated carbocycles. The lowest BCUT2D eigenvalue weighted by molar-refractivity contribution is -0.119. The normalized spacial score (nSPS) is 23.1. The molecule has 3 rings (SSSR count). The van der Waals surface area contributed by atoms with Crippen molar-refractivity contribution in [1.29, 1.82) is 0 Å². The molecule has 1 aromatic carbocycles. The number of benzene rings is 1. The monoisotopic (exact) mass is 507 g/mol. The van der Waals surface area contributed by atoms with Gasteiger partial charge in [-0.25, -0.2) is 13.6 Å². The lowest BCUT2D eigenvalue weighted by Crippen LogP contribution is -2.51. The fourth-order valence-electron chi connectivity index (χ4n) is 3.77. The summed E-state index contributed by atoms with van der Waals surface area (Å²) in [5.41, 5.74) is 0.794. The molecule has 2 aliphatic rings. The number of rotatable bonds is 3. The summed E-state index contributed by atoms with van der Waals surface area (Å²) in [5.74, 6) is 0.874. The fourth-order valence-corrected chi connectivity index (χ4v) is 4.36. The zero-order valence-electron chi connectivity index (χ0n) is 15.3. The summed E-state index contributed by atoms with van der Waals surface area (Å²) in [6.07, 6.45) is 2.61. The van der Waals surface area contributed by atoms with Crippen LogP contribution in [0.2, 0.25) is 0 Å². The molecule has 10 heteroatoms. The van der Waals surface area contributed by atoms with Gasteiger partial charge in [0.05, 0.1) is 4.90 Å². The smallest absolute Gasteiger partial charge is 0.238 e. The zero-order valence-corrected chi connectivity index (χ0v) is 18.4. The topological polar surface area (TPSA) is 117 Å². The second-order valence-corrected chi connectivity index (χ2v) is 8.63. The molecule has 0 bridgehead atoms. The fraction of sp³-hybridized carbons (Fsp3) is 0.529. The third kappa shape index (κ3) is 5.32. The number of guanidine groups is 1. The Labute approximate surface area is 177 Å². The lowest BCUT2D eigenvalue weighted by Gasteiger charge is -2.40. The number of likely N-dealkylation sites (tertiary alicyclic amines) is 1. The highest BCUT2D eigenvalue weighted by molar-refractivity contribution is 14.0. The van der Waals surface area contributed by atoms with Crippen LogP contribution in [0.4, 0.5) is 0 Å². The van der Waals surface area contributed by atoms with Crippen LogP contribution in [-0.4, -0.2) is 51.9 Å². The predicted octanol–water partition coefficient (Wildman–Crippen LogP) is 0.629. The van der Waals surface area contributed by atoms with Crippen molar-refractivity contribution < 1.29 is 13.2 Å². The molecule has 8 nitrogen and oxygen atoms in total. The Kier molecular flexibility index (Phi) is 7.09. The largest absolute Gasteiger partial charge is 0.355 e. The Morgan fingerprint density at radius 1 is 1.44 bits per heavy atom. The minimum atomic E-state index is -3.72. The summed E-state index contributed by atoms with van der Waals surface area (Å²) in [7, 11) is -1.99. The van der Waals surface area contributed by atoms with Gasteiger partial charge in [-0.3, -0.25) is 9.79 Å². The van der Waals surface area contributed by atoms with E-state index in [2.05, 4.69) is 20.5 Å². The number of hydrogen-bond acceptors (Lipinski definition) is 4. The molecule has 2 heterocycles. The highest BCUT2D eigenvalue weighted by Gasteiger charge is 2.42. The first-order valence-electron chi connectivity index (χ1n) is 8.65. The van der Waals surface area contributed by atoms with E-state index in [0.29, 0.717) is 13.0 Å². The molecule has 0 radical (unpaired) electrons. The van der Waals surface area contributed by atoms with Crippen LogP contribution in [-0.2, 0) is 21.4 Å². The quantitative estimate of drug-likeness (QED) is 0.315. The van der Waals surface area contributed by atoms with E-state index in [-0.39, 0.29) is 40.2 Å². The van der Waals surface area contributed by atoms with Crippen LogP contribution in [0, 0.1) is 5.41 Å². The van der Waals surface area contributed by atoms with E-state index in [4.69, 9.17) is 5.14 Å². The molecule has 1 aromatic rings. The van der Waals surface area contributed by atoms with Crippen LogP contribution in [0.3, 0.4) is 0 Å². The van der Waals surface area contributed by atoms with Gasteiger partial charge in [0, 0.05) is 45.1 Å². The molecule has 1 atom stereocenters. The Morgan fingerprint density at radius 3 is 2.85 bits per heavy atom.